The van der Waals surface area contributed by atoms with Gasteiger partial charge in [0.25, 0.3) is 0 Å². The molecule has 0 aromatic rings. The second-order valence-electron chi connectivity index (χ2n) is 2.70. The van der Waals surface area contributed by atoms with Gasteiger partial charge >= 0.3 is 5.97 Å². The van der Waals surface area contributed by atoms with Crippen LogP contribution >= 0.6 is 0 Å². The molecule has 0 saturated heterocycles. The monoisotopic (exact) mass is 188 g/mol. The van der Waals surface area contributed by atoms with Gasteiger partial charge in [-0.25, -0.2) is 0 Å². The van der Waals surface area contributed by atoms with Gasteiger partial charge in [0.2, 0.25) is 0 Å². The van der Waals surface area contributed by atoms with Gasteiger partial charge < -0.3 is 9.84 Å². The number of carbonyl (C=O) groups excluding carboxylic acids is 2. The average molecular weight is 188 g/mol. The zero-order chi connectivity index (χ0) is 10.4. The molecule has 1 atom stereocenters. The SMILES string of the molecule is COCC(=O)C(CC(C)=O)C(=O)O. The summed E-state index contributed by atoms with van der Waals surface area (Å²) in [5, 5.41) is 8.59. The lowest BCUT2D eigenvalue weighted by atomic mass is 9.99. The van der Waals surface area contributed by atoms with Crippen LogP contribution < -0.4 is 0 Å². The number of hydrogen-bond acceptors (Lipinski definition) is 4. The van der Waals surface area contributed by atoms with Gasteiger partial charge in [0.05, 0.1) is 0 Å². The Morgan fingerprint density at radius 2 is 1.92 bits per heavy atom. The number of ketones is 2. The Labute approximate surface area is 75.7 Å². The molecule has 5 nitrogen and oxygen atoms in total. The third-order valence-electron chi connectivity index (χ3n) is 1.46. The fourth-order valence-electron chi connectivity index (χ4n) is 0.869. The Morgan fingerprint density at radius 3 is 2.23 bits per heavy atom. The van der Waals surface area contributed by atoms with Crippen molar-refractivity contribution < 1.29 is 24.2 Å². The van der Waals surface area contributed by atoms with Crippen molar-refractivity contribution in [1.82, 2.24) is 0 Å². The van der Waals surface area contributed by atoms with E-state index in [1.807, 2.05) is 0 Å². The van der Waals surface area contributed by atoms with E-state index in [0.29, 0.717) is 0 Å². The standard InChI is InChI=1S/C8H12O5/c1-5(9)3-6(8(11)12)7(10)4-13-2/h6H,3-4H2,1-2H3,(H,11,12). The summed E-state index contributed by atoms with van der Waals surface area (Å²) in [6.45, 7) is 0.972. The summed E-state index contributed by atoms with van der Waals surface area (Å²) >= 11 is 0. The number of methoxy groups -OCH3 is 1. The summed E-state index contributed by atoms with van der Waals surface area (Å²) in [6.07, 6.45) is -0.266. The second-order valence-corrected chi connectivity index (χ2v) is 2.70. The molecular formula is C8H12O5. The van der Waals surface area contributed by atoms with Crippen molar-refractivity contribution in [3.63, 3.8) is 0 Å². The summed E-state index contributed by atoms with van der Waals surface area (Å²) in [4.78, 5) is 32.2. The molecule has 0 aliphatic rings. The molecule has 0 amide bonds. The zero-order valence-corrected chi connectivity index (χ0v) is 7.57. The van der Waals surface area contributed by atoms with Crippen LogP contribution in [0.1, 0.15) is 13.3 Å². The first-order valence-corrected chi connectivity index (χ1v) is 3.73. The predicted molar refractivity (Wildman–Crippen MR) is 43.3 cm³/mol. The van der Waals surface area contributed by atoms with Crippen LogP contribution in [0.4, 0.5) is 0 Å². The molecule has 0 saturated carbocycles. The first kappa shape index (κ1) is 11.8. The van der Waals surface area contributed by atoms with Gasteiger partial charge in [0.15, 0.2) is 5.78 Å². The van der Waals surface area contributed by atoms with Crippen molar-refractivity contribution in [2.75, 3.05) is 13.7 Å². The molecule has 5 heteroatoms. The van der Waals surface area contributed by atoms with Gasteiger partial charge in [-0.05, 0) is 6.92 Å². The van der Waals surface area contributed by atoms with Crippen molar-refractivity contribution in [2.24, 2.45) is 5.92 Å². The Morgan fingerprint density at radius 1 is 1.38 bits per heavy atom. The van der Waals surface area contributed by atoms with E-state index in [0.717, 1.165) is 0 Å². The molecule has 1 N–H and O–H groups in total. The topological polar surface area (TPSA) is 80.7 Å². The van der Waals surface area contributed by atoms with Gasteiger partial charge in [0.1, 0.15) is 18.3 Å². The Bertz CT molecular complexity index is 221. The van der Waals surface area contributed by atoms with E-state index in [4.69, 9.17) is 5.11 Å². The number of carboxylic acids is 1. The summed E-state index contributed by atoms with van der Waals surface area (Å²) in [6, 6.07) is 0. The fourth-order valence-corrected chi connectivity index (χ4v) is 0.869. The molecule has 0 spiro atoms. The molecule has 1 unspecified atom stereocenters. The van der Waals surface area contributed by atoms with Crippen LogP contribution in [0.5, 0.6) is 0 Å². The van der Waals surface area contributed by atoms with E-state index in [9.17, 15) is 14.4 Å². The molecule has 0 aliphatic carbocycles. The molecule has 0 aliphatic heterocycles. The van der Waals surface area contributed by atoms with E-state index in [2.05, 4.69) is 4.74 Å². The third-order valence-corrected chi connectivity index (χ3v) is 1.46. The van der Waals surface area contributed by atoms with Gasteiger partial charge in [-0.2, -0.15) is 0 Å². The highest BCUT2D eigenvalue weighted by Gasteiger charge is 2.26. The minimum atomic E-state index is -1.28. The van der Waals surface area contributed by atoms with Crippen LogP contribution in [0.3, 0.4) is 0 Å². The van der Waals surface area contributed by atoms with Gasteiger partial charge in [0, 0.05) is 13.5 Å². The lowest BCUT2D eigenvalue weighted by Gasteiger charge is -2.07. The molecule has 0 radical (unpaired) electrons. The lowest BCUT2D eigenvalue weighted by Crippen LogP contribution is -2.28. The van der Waals surface area contributed by atoms with Crippen LogP contribution in [0.15, 0.2) is 0 Å². The van der Waals surface area contributed by atoms with Gasteiger partial charge in [-0.15, -0.1) is 0 Å². The van der Waals surface area contributed by atoms with E-state index in [1.54, 1.807) is 0 Å². The molecule has 13 heavy (non-hydrogen) atoms. The fraction of sp³-hybridized carbons (Fsp3) is 0.625. The van der Waals surface area contributed by atoms with Crippen LogP contribution in [0.2, 0.25) is 0 Å². The summed E-state index contributed by atoms with van der Waals surface area (Å²) in [7, 11) is 1.30. The van der Waals surface area contributed by atoms with E-state index in [1.165, 1.54) is 14.0 Å². The predicted octanol–water partition coefficient (Wildman–Crippen LogP) is -0.118. The zero-order valence-electron chi connectivity index (χ0n) is 7.57. The maximum Gasteiger partial charge on any atom is 0.314 e. The second kappa shape index (κ2) is 5.42. The van der Waals surface area contributed by atoms with E-state index >= 15 is 0 Å². The van der Waals surface area contributed by atoms with E-state index < -0.39 is 17.7 Å². The van der Waals surface area contributed by atoms with Crippen molar-refractivity contribution in [3.05, 3.63) is 0 Å². The number of hydrogen-bond donors (Lipinski definition) is 1. The highest BCUT2D eigenvalue weighted by molar-refractivity contribution is 6.02. The largest absolute Gasteiger partial charge is 0.481 e. The molecular weight excluding hydrogens is 176 g/mol. The summed E-state index contributed by atoms with van der Waals surface area (Å²) in [5.41, 5.74) is 0. The Hall–Kier alpha value is -1.23. The van der Waals surface area contributed by atoms with Crippen LogP contribution in [0.25, 0.3) is 0 Å². The van der Waals surface area contributed by atoms with Crippen LogP contribution in [-0.2, 0) is 19.1 Å². The molecule has 74 valence electrons. The normalized spacial score (nSPS) is 12.2. The Balaban J connectivity index is 4.32. The van der Waals surface area contributed by atoms with Crippen molar-refractivity contribution in [1.29, 1.82) is 0 Å². The maximum atomic E-state index is 11.1. The number of aliphatic carboxylic acids is 1. The number of carbonyl (C=O) groups is 3. The lowest BCUT2D eigenvalue weighted by molar-refractivity contribution is -0.149. The summed E-state index contributed by atoms with van der Waals surface area (Å²) in [5.74, 6) is -3.45. The first-order valence-electron chi connectivity index (χ1n) is 3.73. The minimum absolute atomic E-state index is 0.266. The first-order chi connectivity index (χ1) is 5.99. The quantitative estimate of drug-likeness (QED) is 0.588. The van der Waals surface area contributed by atoms with Gasteiger partial charge in [-0.3, -0.25) is 14.4 Å². The molecule has 0 aromatic carbocycles. The van der Waals surface area contributed by atoms with Gasteiger partial charge in [-0.1, -0.05) is 0 Å². The smallest absolute Gasteiger partial charge is 0.314 e. The molecule has 0 rings (SSSR count). The van der Waals surface area contributed by atoms with Crippen LogP contribution in [0, 0.1) is 5.92 Å². The molecule has 0 bridgehead atoms. The van der Waals surface area contributed by atoms with Crippen molar-refractivity contribution in [2.45, 2.75) is 13.3 Å². The third kappa shape index (κ3) is 4.37. The molecule has 0 heterocycles. The average Bonchev–Trinajstić information content (AvgIpc) is 1.99. The number of carboxylic acid groups (broad SMARTS) is 1. The number of Topliss-reactive ketones (excluding diaryl/α,β-unsaturated/α-hetero) is 2. The highest BCUT2D eigenvalue weighted by Crippen LogP contribution is 2.06. The van der Waals surface area contributed by atoms with E-state index in [-0.39, 0.29) is 18.8 Å². The molecule has 0 aromatic heterocycles. The number of ether oxygens (including phenoxy) is 1. The maximum absolute atomic E-state index is 11.1. The highest BCUT2D eigenvalue weighted by atomic mass is 16.5. The Kier molecular flexibility index (Phi) is 4.91. The van der Waals surface area contributed by atoms with Crippen molar-refractivity contribution in [3.8, 4) is 0 Å². The minimum Gasteiger partial charge on any atom is -0.481 e. The van der Waals surface area contributed by atoms with Crippen molar-refractivity contribution >= 4 is 17.5 Å². The molecule has 0 fully saturated rings. The number of rotatable bonds is 6. The van der Waals surface area contributed by atoms with Crippen LogP contribution in [-0.4, -0.2) is 36.4 Å². The summed E-state index contributed by atoms with van der Waals surface area (Å²) < 4.78 is 4.49.